The summed E-state index contributed by atoms with van der Waals surface area (Å²) in [7, 11) is 0. The van der Waals surface area contributed by atoms with Gasteiger partial charge in [0.05, 0.1) is 0 Å². The average molecular weight is 194 g/mol. The van der Waals surface area contributed by atoms with Crippen LogP contribution >= 0.6 is 0 Å². The Bertz CT molecular complexity index is 290. The van der Waals surface area contributed by atoms with E-state index in [2.05, 4.69) is 0 Å². The summed E-state index contributed by atoms with van der Waals surface area (Å²) in [6.45, 7) is 2.21. The highest BCUT2D eigenvalue weighted by Crippen LogP contribution is 2.10. The smallest absolute Gasteiger partial charge is 0.306 e. The van der Waals surface area contributed by atoms with E-state index in [-0.39, 0.29) is 18.3 Å². The number of hydrogen-bond donors (Lipinski definition) is 1. The highest BCUT2D eigenvalue weighted by Gasteiger charge is 2.00. The molecule has 0 bridgehead atoms. The van der Waals surface area contributed by atoms with Crippen LogP contribution in [0.1, 0.15) is 25.3 Å². The third-order valence-corrected chi connectivity index (χ3v) is 1.79. The van der Waals surface area contributed by atoms with Crippen molar-refractivity contribution in [2.24, 2.45) is 0 Å². The molecule has 0 fully saturated rings. The second-order valence-electron chi connectivity index (χ2n) is 3.08. The van der Waals surface area contributed by atoms with Crippen LogP contribution in [0, 0.1) is 0 Å². The first-order valence-electron chi connectivity index (χ1n) is 4.66. The maximum absolute atomic E-state index is 11.0. The minimum Gasteiger partial charge on any atom is -0.508 e. The lowest BCUT2D eigenvalue weighted by Crippen LogP contribution is -2.03. The van der Waals surface area contributed by atoms with E-state index in [1.165, 1.54) is 0 Å². The summed E-state index contributed by atoms with van der Waals surface area (Å²) in [5.41, 5.74) is 0.882. The molecule has 0 unspecified atom stereocenters. The Balaban J connectivity index is 2.38. The molecule has 3 nitrogen and oxygen atoms in total. The summed E-state index contributed by atoms with van der Waals surface area (Å²) in [4.78, 5) is 11.0. The fraction of sp³-hybridized carbons (Fsp3) is 0.364. The molecule has 0 radical (unpaired) electrons. The third-order valence-electron chi connectivity index (χ3n) is 1.79. The normalized spacial score (nSPS) is 9.79. The van der Waals surface area contributed by atoms with Crippen LogP contribution in [0.3, 0.4) is 0 Å². The van der Waals surface area contributed by atoms with Crippen LogP contribution in [0.15, 0.2) is 24.3 Å². The van der Waals surface area contributed by atoms with Gasteiger partial charge in [0.25, 0.3) is 0 Å². The van der Waals surface area contributed by atoms with Gasteiger partial charge in [0.15, 0.2) is 0 Å². The SMILES string of the molecule is CCCC(=O)OCc1ccc(O)cc1. The van der Waals surface area contributed by atoms with E-state index < -0.39 is 0 Å². The van der Waals surface area contributed by atoms with E-state index in [0.717, 1.165) is 12.0 Å². The molecule has 0 heterocycles. The molecule has 0 aliphatic rings. The van der Waals surface area contributed by atoms with Gasteiger partial charge in [-0.15, -0.1) is 0 Å². The third kappa shape index (κ3) is 3.47. The maximum Gasteiger partial charge on any atom is 0.306 e. The van der Waals surface area contributed by atoms with Gasteiger partial charge >= 0.3 is 5.97 Å². The number of esters is 1. The van der Waals surface area contributed by atoms with Gasteiger partial charge in [0.2, 0.25) is 0 Å². The van der Waals surface area contributed by atoms with Crippen molar-refractivity contribution in [3.8, 4) is 5.75 Å². The molecule has 1 rings (SSSR count). The van der Waals surface area contributed by atoms with Crippen molar-refractivity contribution in [1.82, 2.24) is 0 Å². The monoisotopic (exact) mass is 194 g/mol. The molecule has 0 aliphatic heterocycles. The van der Waals surface area contributed by atoms with E-state index >= 15 is 0 Å². The Hall–Kier alpha value is -1.51. The fourth-order valence-electron chi connectivity index (χ4n) is 1.03. The van der Waals surface area contributed by atoms with Gasteiger partial charge < -0.3 is 9.84 Å². The molecule has 1 aromatic rings. The number of ether oxygens (including phenoxy) is 1. The van der Waals surface area contributed by atoms with Crippen molar-refractivity contribution < 1.29 is 14.6 Å². The minimum atomic E-state index is -0.180. The molecule has 0 aromatic heterocycles. The van der Waals surface area contributed by atoms with Crippen LogP contribution in [0.4, 0.5) is 0 Å². The van der Waals surface area contributed by atoms with Crippen LogP contribution in [0.2, 0.25) is 0 Å². The molecule has 3 heteroatoms. The van der Waals surface area contributed by atoms with E-state index in [0.29, 0.717) is 6.42 Å². The first-order chi connectivity index (χ1) is 6.72. The number of aromatic hydroxyl groups is 1. The standard InChI is InChI=1S/C11H14O3/c1-2-3-11(13)14-8-9-4-6-10(12)7-5-9/h4-7,12H,2-3,8H2,1H3. The zero-order valence-electron chi connectivity index (χ0n) is 8.19. The number of phenolic OH excluding ortho intramolecular Hbond substituents is 1. The quantitative estimate of drug-likeness (QED) is 0.747. The van der Waals surface area contributed by atoms with Gasteiger partial charge in [-0.25, -0.2) is 0 Å². The van der Waals surface area contributed by atoms with Gasteiger partial charge in [-0.3, -0.25) is 4.79 Å². The zero-order valence-corrected chi connectivity index (χ0v) is 8.19. The second kappa shape index (κ2) is 5.27. The lowest BCUT2D eigenvalue weighted by Gasteiger charge is -2.03. The second-order valence-corrected chi connectivity index (χ2v) is 3.08. The Morgan fingerprint density at radius 3 is 2.57 bits per heavy atom. The predicted molar refractivity (Wildman–Crippen MR) is 52.8 cm³/mol. The Morgan fingerprint density at radius 1 is 1.36 bits per heavy atom. The first kappa shape index (κ1) is 10.6. The van der Waals surface area contributed by atoms with E-state index in [1.807, 2.05) is 6.92 Å². The van der Waals surface area contributed by atoms with Crippen molar-refractivity contribution in [2.75, 3.05) is 0 Å². The highest BCUT2D eigenvalue weighted by atomic mass is 16.5. The molecule has 0 amide bonds. The Morgan fingerprint density at radius 2 is 2.00 bits per heavy atom. The maximum atomic E-state index is 11.0. The number of benzene rings is 1. The van der Waals surface area contributed by atoms with Crippen molar-refractivity contribution >= 4 is 5.97 Å². The molecular formula is C11H14O3. The van der Waals surface area contributed by atoms with E-state index in [4.69, 9.17) is 9.84 Å². The lowest BCUT2D eigenvalue weighted by atomic mass is 10.2. The summed E-state index contributed by atoms with van der Waals surface area (Å²) < 4.78 is 4.99. The first-order valence-corrected chi connectivity index (χ1v) is 4.66. The van der Waals surface area contributed by atoms with Crippen molar-refractivity contribution in [3.63, 3.8) is 0 Å². The number of carbonyl (C=O) groups excluding carboxylic acids is 1. The van der Waals surface area contributed by atoms with Gasteiger partial charge in [-0.05, 0) is 24.1 Å². The summed E-state index contributed by atoms with van der Waals surface area (Å²) >= 11 is 0. The molecule has 0 aliphatic carbocycles. The van der Waals surface area contributed by atoms with Crippen LogP contribution in [-0.2, 0) is 16.1 Å². The summed E-state index contributed by atoms with van der Waals surface area (Å²) in [6.07, 6.45) is 1.26. The largest absolute Gasteiger partial charge is 0.508 e. The number of rotatable bonds is 4. The van der Waals surface area contributed by atoms with Crippen molar-refractivity contribution in [2.45, 2.75) is 26.4 Å². The number of hydrogen-bond acceptors (Lipinski definition) is 3. The van der Waals surface area contributed by atoms with Crippen LogP contribution < -0.4 is 0 Å². The molecule has 14 heavy (non-hydrogen) atoms. The number of carbonyl (C=O) groups is 1. The van der Waals surface area contributed by atoms with Gasteiger partial charge in [-0.2, -0.15) is 0 Å². The van der Waals surface area contributed by atoms with E-state index in [1.54, 1.807) is 24.3 Å². The van der Waals surface area contributed by atoms with E-state index in [9.17, 15) is 4.79 Å². The molecular weight excluding hydrogens is 180 g/mol. The van der Waals surface area contributed by atoms with Gasteiger partial charge in [-0.1, -0.05) is 19.1 Å². The topological polar surface area (TPSA) is 46.5 Å². The minimum absolute atomic E-state index is 0.180. The van der Waals surface area contributed by atoms with Gasteiger partial charge in [0, 0.05) is 6.42 Å². The molecule has 0 spiro atoms. The van der Waals surface area contributed by atoms with Crippen molar-refractivity contribution in [3.05, 3.63) is 29.8 Å². The zero-order chi connectivity index (χ0) is 10.4. The van der Waals surface area contributed by atoms with Crippen LogP contribution in [-0.4, -0.2) is 11.1 Å². The Labute approximate surface area is 83.3 Å². The summed E-state index contributed by atoms with van der Waals surface area (Å²) in [5.74, 6) is 0.0363. The fourth-order valence-corrected chi connectivity index (χ4v) is 1.03. The molecule has 0 saturated heterocycles. The van der Waals surface area contributed by atoms with Crippen molar-refractivity contribution in [1.29, 1.82) is 0 Å². The molecule has 1 N–H and O–H groups in total. The summed E-state index contributed by atoms with van der Waals surface area (Å²) in [6, 6.07) is 6.61. The van der Waals surface area contributed by atoms with Crippen LogP contribution in [0.5, 0.6) is 5.75 Å². The predicted octanol–water partition coefficient (Wildman–Crippen LogP) is 2.24. The van der Waals surface area contributed by atoms with Gasteiger partial charge in [0.1, 0.15) is 12.4 Å². The molecule has 76 valence electrons. The average Bonchev–Trinajstić information content (AvgIpc) is 2.17. The molecule has 1 aromatic carbocycles. The molecule has 0 saturated carbocycles. The molecule has 0 atom stereocenters. The van der Waals surface area contributed by atoms with Crippen LogP contribution in [0.25, 0.3) is 0 Å². The Kier molecular flexibility index (Phi) is 3.98. The highest BCUT2D eigenvalue weighted by molar-refractivity contribution is 5.69. The lowest BCUT2D eigenvalue weighted by molar-refractivity contribution is -0.144. The number of phenols is 1. The summed E-state index contributed by atoms with van der Waals surface area (Å²) in [5, 5.41) is 9.01.